The first-order chi connectivity index (χ1) is 17.5. The van der Waals surface area contributed by atoms with E-state index in [4.69, 9.17) is 0 Å². The molecule has 0 amide bonds. The van der Waals surface area contributed by atoms with Gasteiger partial charge in [-0.1, -0.05) is 83.1 Å². The van der Waals surface area contributed by atoms with Gasteiger partial charge in [0.1, 0.15) is 0 Å². The van der Waals surface area contributed by atoms with E-state index in [9.17, 15) is 29.7 Å². The number of carboxylic acid groups (broad SMARTS) is 3. The number of allylic oxidation sites excluding steroid dienone is 12. The molecule has 0 aliphatic heterocycles. The summed E-state index contributed by atoms with van der Waals surface area (Å²) < 4.78 is 0. The molecule has 0 N–H and O–H groups in total. The minimum atomic E-state index is -1.01. The Morgan fingerprint density at radius 1 is 0.500 bits per heavy atom. The molecule has 0 spiro atoms. The number of carbonyl (C=O) groups is 3. The first-order valence-corrected chi connectivity index (χ1v) is 12.9. The maximum Gasteiger partial charge on any atom is 2.00 e. The van der Waals surface area contributed by atoms with E-state index in [0.717, 1.165) is 19.3 Å². The third-order valence-corrected chi connectivity index (χ3v) is 4.44. The summed E-state index contributed by atoms with van der Waals surface area (Å²) in [4.78, 5) is 29.7. The fraction of sp³-hybridized carbons (Fsp3) is 0.545. The average Bonchev–Trinajstić information content (AvgIpc) is 3.54. The minimum Gasteiger partial charge on any atom is -0.550 e. The summed E-state index contributed by atoms with van der Waals surface area (Å²) in [6.07, 6.45) is 25.0. The van der Waals surface area contributed by atoms with Crippen LogP contribution in [0.15, 0.2) is 53.2 Å². The Labute approximate surface area is 313 Å². The SMILES string of the molecule is CC(C)(C)C(=O)[O-].CC(C)(C)C(=O)[O-].CC(C)(C)C(=O)[O-].CC1=[C-]CC=C1.CC1=[C-]CC=C1.CC1=[C-]CC=C1.[Zr+2].[Zr+2].[Zr+2]. The van der Waals surface area contributed by atoms with Gasteiger partial charge in [-0.3, -0.25) is 18.2 Å². The maximum atomic E-state index is 9.91. The van der Waals surface area contributed by atoms with Gasteiger partial charge < -0.3 is 29.7 Å². The summed E-state index contributed by atoms with van der Waals surface area (Å²) in [7, 11) is 0. The molecule has 0 fully saturated rings. The van der Waals surface area contributed by atoms with Crippen LogP contribution >= 0.6 is 0 Å². The molecule has 0 atom stereocenters. The molecule has 0 radical (unpaired) electrons. The van der Waals surface area contributed by atoms with E-state index < -0.39 is 34.2 Å². The summed E-state index contributed by atoms with van der Waals surface area (Å²) >= 11 is 0. The second-order valence-corrected chi connectivity index (χ2v) is 12.0. The molecule has 0 unspecified atom stereocenters. The molecule has 0 saturated heterocycles. The van der Waals surface area contributed by atoms with Crippen molar-refractivity contribution >= 4 is 17.9 Å². The van der Waals surface area contributed by atoms with Gasteiger partial charge in [-0.25, -0.2) is 34.9 Å². The molecule has 3 aliphatic rings. The molecule has 0 aromatic rings. The minimum absolute atomic E-state index is 0. The van der Waals surface area contributed by atoms with Crippen LogP contribution < -0.4 is 15.3 Å². The fourth-order valence-corrected chi connectivity index (χ4v) is 1.54. The van der Waals surface area contributed by atoms with Gasteiger partial charge in [0.2, 0.25) is 0 Å². The van der Waals surface area contributed by atoms with Crippen LogP contribution in [-0.4, -0.2) is 17.9 Å². The third-order valence-electron chi connectivity index (χ3n) is 4.44. The molecule has 0 heterocycles. The van der Waals surface area contributed by atoms with Crippen LogP contribution in [-0.2, 0) is 93.0 Å². The molecule has 0 bridgehead atoms. The summed E-state index contributed by atoms with van der Waals surface area (Å²) in [6, 6.07) is 0. The Balaban J connectivity index is -0.0000000913. The van der Waals surface area contributed by atoms with Crippen LogP contribution in [0.4, 0.5) is 0 Å². The van der Waals surface area contributed by atoms with Gasteiger partial charge in [0.15, 0.2) is 0 Å². The molecule has 0 aromatic carbocycles. The van der Waals surface area contributed by atoms with Gasteiger partial charge in [0, 0.05) is 34.2 Å². The summed E-state index contributed by atoms with van der Waals surface area (Å²) in [6.45, 7) is 20.6. The van der Waals surface area contributed by atoms with Crippen LogP contribution in [0.1, 0.15) is 102 Å². The van der Waals surface area contributed by atoms with Crippen molar-refractivity contribution < 1.29 is 108 Å². The predicted octanol–water partition coefficient (Wildman–Crippen LogP) is 4.43. The standard InChI is InChI=1S/3C6H7.3C5H10O2.3Zr/c3*1-6-4-2-3-5-6;3*1-5(2,3)4(6)7;;;/h3*2,4H,3H2,1H3;3*1-3H3,(H,6,7);;;/q3*-1;;;;3*+2/p-3. The zero-order valence-corrected chi connectivity index (χ0v) is 34.9. The number of rotatable bonds is 0. The zero-order valence-electron chi connectivity index (χ0n) is 27.5. The molecule has 42 heavy (non-hydrogen) atoms. The van der Waals surface area contributed by atoms with Crippen molar-refractivity contribution in [1.82, 2.24) is 0 Å². The molecule has 0 saturated carbocycles. The Hall–Kier alpha value is -0.501. The quantitative estimate of drug-likeness (QED) is 0.334. The summed E-state index contributed by atoms with van der Waals surface area (Å²) in [5.41, 5.74) is 1.74. The van der Waals surface area contributed by atoms with E-state index in [1.165, 1.54) is 16.7 Å². The maximum absolute atomic E-state index is 9.91. The number of carbonyl (C=O) groups excluding carboxylic acids is 3. The number of aliphatic carboxylic acids is 3. The van der Waals surface area contributed by atoms with Crippen LogP contribution in [0.5, 0.6) is 0 Å². The van der Waals surface area contributed by atoms with E-state index in [2.05, 4.69) is 75.5 Å². The Morgan fingerprint density at radius 2 is 0.643 bits per heavy atom. The molecule has 6 nitrogen and oxygen atoms in total. The zero-order chi connectivity index (χ0) is 31.4. The van der Waals surface area contributed by atoms with E-state index in [1.807, 2.05) is 0 Å². The average molecular weight is 814 g/mol. The van der Waals surface area contributed by atoms with Crippen molar-refractivity contribution in [3.8, 4) is 0 Å². The molecule has 9 heteroatoms. The van der Waals surface area contributed by atoms with Gasteiger partial charge in [-0.05, 0) is 0 Å². The number of hydrogen-bond acceptors (Lipinski definition) is 6. The first kappa shape index (κ1) is 54.0. The van der Waals surface area contributed by atoms with Gasteiger partial charge >= 0.3 is 78.6 Å². The molecule has 3 rings (SSSR count). The van der Waals surface area contributed by atoms with Gasteiger partial charge in [-0.15, -0.1) is 19.3 Å². The van der Waals surface area contributed by atoms with Crippen LogP contribution in [0.2, 0.25) is 0 Å². The van der Waals surface area contributed by atoms with Gasteiger partial charge in [0.05, 0.1) is 0 Å². The smallest absolute Gasteiger partial charge is 0.550 e. The van der Waals surface area contributed by atoms with E-state index in [1.54, 1.807) is 62.3 Å². The van der Waals surface area contributed by atoms with E-state index in [-0.39, 0.29) is 78.6 Å². The topological polar surface area (TPSA) is 120 Å². The van der Waals surface area contributed by atoms with Crippen molar-refractivity contribution in [3.63, 3.8) is 0 Å². The Bertz CT molecular complexity index is 818. The first-order valence-electron chi connectivity index (χ1n) is 12.9. The molecular weight excluding hydrogens is 766 g/mol. The van der Waals surface area contributed by atoms with E-state index >= 15 is 0 Å². The largest absolute Gasteiger partial charge is 2.00 e. The predicted molar refractivity (Wildman–Crippen MR) is 152 cm³/mol. The fourth-order valence-electron chi connectivity index (χ4n) is 1.54. The van der Waals surface area contributed by atoms with E-state index in [0.29, 0.717) is 0 Å². The number of hydrogen-bond donors (Lipinski definition) is 0. The Kier molecular flexibility index (Phi) is 36.0. The van der Waals surface area contributed by atoms with Crippen LogP contribution in [0, 0.1) is 34.5 Å². The second-order valence-electron chi connectivity index (χ2n) is 12.0. The normalized spacial score (nSPS) is 13.6. The van der Waals surface area contributed by atoms with Crippen molar-refractivity contribution in [3.05, 3.63) is 71.4 Å². The number of carboxylic acids is 3. The monoisotopic (exact) mass is 810 g/mol. The van der Waals surface area contributed by atoms with Crippen molar-refractivity contribution in [1.29, 1.82) is 0 Å². The van der Waals surface area contributed by atoms with Gasteiger partial charge in [0.25, 0.3) is 0 Å². The molecular formula is C33H48O6Zr3. The van der Waals surface area contributed by atoms with Crippen molar-refractivity contribution in [2.75, 3.05) is 0 Å². The Morgan fingerprint density at radius 3 is 0.667 bits per heavy atom. The summed E-state index contributed by atoms with van der Waals surface area (Å²) in [5.74, 6) is -3.02. The van der Waals surface area contributed by atoms with Crippen molar-refractivity contribution in [2.24, 2.45) is 16.2 Å². The second kappa shape index (κ2) is 28.0. The molecule has 0 aromatic heterocycles. The van der Waals surface area contributed by atoms with Crippen LogP contribution in [0.25, 0.3) is 0 Å². The summed E-state index contributed by atoms with van der Waals surface area (Å²) in [5, 5.41) is 29.7. The van der Waals surface area contributed by atoms with Crippen LogP contribution in [0.3, 0.4) is 0 Å². The van der Waals surface area contributed by atoms with Gasteiger partial charge in [-0.2, -0.15) is 18.2 Å². The van der Waals surface area contributed by atoms with Crippen molar-refractivity contribution in [2.45, 2.75) is 102 Å². The third kappa shape index (κ3) is 39.5. The molecule has 228 valence electrons. The molecule has 3 aliphatic carbocycles.